The van der Waals surface area contributed by atoms with Crippen molar-refractivity contribution in [2.75, 3.05) is 5.32 Å². The van der Waals surface area contributed by atoms with Crippen molar-refractivity contribution in [3.63, 3.8) is 0 Å². The topological polar surface area (TPSA) is 65.2 Å². The maximum atomic E-state index is 12.7. The number of allylic oxidation sites excluding steroid dienone is 2. The van der Waals surface area contributed by atoms with E-state index in [2.05, 4.69) is 45.8 Å². The maximum Gasteiger partial charge on any atom is 0.251 e. The van der Waals surface area contributed by atoms with Crippen LogP contribution in [0.2, 0.25) is 0 Å². The minimum Gasteiger partial charge on any atom is -0.349 e. The molecular formula is C26H24N4O. The molecule has 0 saturated heterocycles. The Kier molecular flexibility index (Phi) is 5.15. The molecule has 3 aromatic carbocycles. The quantitative estimate of drug-likeness (QED) is 0.489. The van der Waals surface area contributed by atoms with Gasteiger partial charge in [-0.15, -0.1) is 0 Å². The van der Waals surface area contributed by atoms with E-state index in [4.69, 9.17) is 0 Å². The summed E-state index contributed by atoms with van der Waals surface area (Å²) in [5, 5.41) is 6.47. The van der Waals surface area contributed by atoms with Crippen molar-refractivity contribution in [3.8, 4) is 0 Å². The minimum absolute atomic E-state index is 0.0398. The normalized spacial score (nSPS) is 19.2. The summed E-state index contributed by atoms with van der Waals surface area (Å²) in [5.41, 5.74) is 11.2. The molecule has 4 N–H and O–H groups in total. The summed E-state index contributed by atoms with van der Waals surface area (Å²) in [6, 6.07) is 28.2. The molecule has 1 heterocycles. The Morgan fingerprint density at radius 2 is 1.61 bits per heavy atom. The lowest BCUT2D eigenvalue weighted by Crippen LogP contribution is -2.35. The lowest BCUT2D eigenvalue weighted by atomic mass is 10.1. The number of carbonyl (C=O) groups excluding carboxylic acids is 1. The Bertz CT molecular complexity index is 1140. The molecule has 1 aliphatic carbocycles. The van der Waals surface area contributed by atoms with Gasteiger partial charge in [-0.25, -0.2) is 0 Å². The third-order valence-corrected chi connectivity index (χ3v) is 5.57. The van der Waals surface area contributed by atoms with E-state index in [1.807, 2.05) is 72.8 Å². The molecule has 154 valence electrons. The van der Waals surface area contributed by atoms with E-state index < -0.39 is 0 Å². The van der Waals surface area contributed by atoms with Crippen molar-refractivity contribution in [2.24, 2.45) is 0 Å². The average Bonchev–Trinajstić information content (AvgIpc) is 3.60. The van der Waals surface area contributed by atoms with E-state index in [0.717, 1.165) is 29.2 Å². The van der Waals surface area contributed by atoms with Gasteiger partial charge >= 0.3 is 0 Å². The third-order valence-electron chi connectivity index (χ3n) is 5.57. The molecule has 1 aliphatic heterocycles. The van der Waals surface area contributed by atoms with Gasteiger partial charge in [0.2, 0.25) is 0 Å². The van der Waals surface area contributed by atoms with E-state index in [9.17, 15) is 4.79 Å². The highest BCUT2D eigenvalue weighted by Crippen LogP contribution is 2.40. The van der Waals surface area contributed by atoms with Gasteiger partial charge in [-0.05, 0) is 47.9 Å². The summed E-state index contributed by atoms with van der Waals surface area (Å²) < 4.78 is 0. The van der Waals surface area contributed by atoms with Gasteiger partial charge in [0.15, 0.2) is 0 Å². The highest BCUT2D eigenvalue weighted by Gasteiger charge is 2.39. The molecule has 1 amide bonds. The standard InChI is InChI=1S/C26H24N4O/c31-26(28-24-17-22(24)18-8-3-1-4-9-18)20-12-7-13-21(16-20)27-25-15-14-23(29-30-25)19-10-5-2-6-11-19/h1-16,22,24,27,29-30H,17H2,(H,28,31). The summed E-state index contributed by atoms with van der Waals surface area (Å²) in [5.74, 6) is 1.19. The second-order valence-electron chi connectivity index (χ2n) is 7.82. The van der Waals surface area contributed by atoms with Gasteiger partial charge in [0.05, 0.1) is 5.70 Å². The van der Waals surface area contributed by atoms with Crippen molar-refractivity contribution >= 4 is 17.3 Å². The molecule has 2 aliphatic rings. The first kappa shape index (κ1) is 19.0. The van der Waals surface area contributed by atoms with Crippen LogP contribution in [0.15, 0.2) is 103 Å². The van der Waals surface area contributed by atoms with Crippen LogP contribution >= 0.6 is 0 Å². The SMILES string of the molecule is O=C(NC1CC1c1ccccc1)c1cccc(NC2=CC=C(c3ccccc3)NN2)c1. The van der Waals surface area contributed by atoms with Gasteiger partial charge in [0, 0.05) is 23.2 Å². The number of benzene rings is 3. The largest absolute Gasteiger partial charge is 0.349 e. The molecule has 0 bridgehead atoms. The number of hydrogen-bond donors (Lipinski definition) is 4. The van der Waals surface area contributed by atoms with Crippen LogP contribution in [0.3, 0.4) is 0 Å². The number of amides is 1. The summed E-state index contributed by atoms with van der Waals surface area (Å²) in [6.45, 7) is 0. The van der Waals surface area contributed by atoms with Crippen molar-refractivity contribution in [2.45, 2.75) is 18.4 Å². The molecular weight excluding hydrogens is 384 g/mol. The van der Waals surface area contributed by atoms with Crippen LogP contribution in [-0.4, -0.2) is 11.9 Å². The van der Waals surface area contributed by atoms with Crippen LogP contribution in [-0.2, 0) is 0 Å². The molecule has 2 unspecified atom stereocenters. The lowest BCUT2D eigenvalue weighted by Gasteiger charge is -2.21. The lowest BCUT2D eigenvalue weighted by molar-refractivity contribution is 0.0950. The molecule has 0 aromatic heterocycles. The first-order chi connectivity index (χ1) is 15.3. The molecule has 5 rings (SSSR count). The van der Waals surface area contributed by atoms with Crippen molar-refractivity contribution in [1.82, 2.24) is 16.2 Å². The smallest absolute Gasteiger partial charge is 0.251 e. The Morgan fingerprint density at radius 3 is 2.35 bits per heavy atom. The summed E-state index contributed by atoms with van der Waals surface area (Å²) in [4.78, 5) is 12.7. The van der Waals surface area contributed by atoms with E-state index in [-0.39, 0.29) is 11.9 Å². The molecule has 2 atom stereocenters. The summed E-state index contributed by atoms with van der Waals surface area (Å²) >= 11 is 0. The minimum atomic E-state index is -0.0398. The summed E-state index contributed by atoms with van der Waals surface area (Å²) in [7, 11) is 0. The Labute approximate surface area is 181 Å². The van der Waals surface area contributed by atoms with Crippen LogP contribution in [0.4, 0.5) is 5.69 Å². The van der Waals surface area contributed by atoms with Crippen molar-refractivity contribution in [1.29, 1.82) is 0 Å². The van der Waals surface area contributed by atoms with Crippen LogP contribution in [0, 0.1) is 0 Å². The molecule has 0 radical (unpaired) electrons. The highest BCUT2D eigenvalue weighted by atomic mass is 16.1. The monoisotopic (exact) mass is 408 g/mol. The number of anilines is 1. The first-order valence-electron chi connectivity index (χ1n) is 10.5. The fraction of sp³-hybridized carbons (Fsp3) is 0.115. The number of carbonyl (C=O) groups is 1. The maximum absolute atomic E-state index is 12.7. The molecule has 3 aromatic rings. The first-order valence-corrected chi connectivity index (χ1v) is 10.5. The number of hydrazine groups is 1. The Balaban J connectivity index is 1.21. The van der Waals surface area contributed by atoms with Crippen LogP contribution < -0.4 is 21.5 Å². The fourth-order valence-electron chi connectivity index (χ4n) is 3.81. The Morgan fingerprint density at radius 1 is 0.839 bits per heavy atom. The Hall–Kier alpha value is -3.99. The number of hydrogen-bond acceptors (Lipinski definition) is 4. The summed E-state index contributed by atoms with van der Waals surface area (Å²) in [6.07, 6.45) is 4.98. The predicted octanol–water partition coefficient (Wildman–Crippen LogP) is 4.37. The molecule has 1 fully saturated rings. The average molecular weight is 409 g/mol. The highest BCUT2D eigenvalue weighted by molar-refractivity contribution is 5.95. The van der Waals surface area contributed by atoms with Gasteiger partial charge in [0.1, 0.15) is 5.82 Å². The van der Waals surface area contributed by atoms with E-state index in [1.54, 1.807) is 0 Å². The van der Waals surface area contributed by atoms with Gasteiger partial charge < -0.3 is 10.6 Å². The molecule has 5 heteroatoms. The van der Waals surface area contributed by atoms with Crippen LogP contribution in [0.5, 0.6) is 0 Å². The van der Waals surface area contributed by atoms with Gasteiger partial charge in [0.25, 0.3) is 5.91 Å². The molecule has 0 spiro atoms. The van der Waals surface area contributed by atoms with Crippen LogP contribution in [0.25, 0.3) is 5.70 Å². The van der Waals surface area contributed by atoms with E-state index in [1.165, 1.54) is 5.56 Å². The van der Waals surface area contributed by atoms with Gasteiger partial charge in [-0.1, -0.05) is 66.7 Å². The number of nitrogens with one attached hydrogen (secondary N) is 4. The molecule has 5 nitrogen and oxygen atoms in total. The van der Waals surface area contributed by atoms with Crippen molar-refractivity contribution < 1.29 is 4.79 Å². The van der Waals surface area contributed by atoms with E-state index >= 15 is 0 Å². The zero-order valence-corrected chi connectivity index (χ0v) is 17.0. The van der Waals surface area contributed by atoms with Crippen molar-refractivity contribution in [3.05, 3.63) is 120 Å². The zero-order chi connectivity index (χ0) is 21.0. The molecule has 1 saturated carbocycles. The number of rotatable bonds is 6. The second-order valence-corrected chi connectivity index (χ2v) is 7.82. The van der Waals surface area contributed by atoms with E-state index in [0.29, 0.717) is 11.5 Å². The predicted molar refractivity (Wildman–Crippen MR) is 124 cm³/mol. The third kappa shape index (κ3) is 4.46. The van der Waals surface area contributed by atoms with Gasteiger partial charge in [-0.3, -0.25) is 15.6 Å². The second kappa shape index (κ2) is 8.40. The zero-order valence-electron chi connectivity index (χ0n) is 17.0. The van der Waals surface area contributed by atoms with Gasteiger partial charge in [-0.2, -0.15) is 0 Å². The molecule has 31 heavy (non-hydrogen) atoms. The van der Waals surface area contributed by atoms with Crippen LogP contribution in [0.1, 0.15) is 33.8 Å². The fourth-order valence-corrected chi connectivity index (χ4v) is 3.81.